The fourth-order valence-corrected chi connectivity index (χ4v) is 5.23. The highest BCUT2D eigenvalue weighted by Crippen LogP contribution is 2.36. The number of anilines is 1. The van der Waals surface area contributed by atoms with Gasteiger partial charge in [-0.3, -0.25) is 14.5 Å². The Balaban J connectivity index is 1.41. The zero-order valence-electron chi connectivity index (χ0n) is 22.4. The van der Waals surface area contributed by atoms with Gasteiger partial charge in [0.15, 0.2) is 12.1 Å². The van der Waals surface area contributed by atoms with Gasteiger partial charge in [0.25, 0.3) is 5.91 Å². The van der Waals surface area contributed by atoms with Gasteiger partial charge in [-0.25, -0.2) is 4.79 Å². The van der Waals surface area contributed by atoms with E-state index in [0.717, 1.165) is 30.8 Å². The van der Waals surface area contributed by atoms with Crippen LogP contribution in [0.5, 0.6) is 0 Å². The Kier molecular flexibility index (Phi) is 7.93. The van der Waals surface area contributed by atoms with Crippen molar-refractivity contribution in [3.05, 3.63) is 101 Å². The molecule has 2 unspecified atom stereocenters. The van der Waals surface area contributed by atoms with Gasteiger partial charge in [-0.05, 0) is 48.9 Å². The summed E-state index contributed by atoms with van der Waals surface area (Å²) in [6.45, 7) is 8.07. The highest BCUT2D eigenvalue weighted by Gasteiger charge is 2.48. The molecule has 2 fully saturated rings. The minimum atomic E-state index is -0.811. The topological polar surface area (TPSA) is 82.2 Å². The van der Waals surface area contributed by atoms with Gasteiger partial charge < -0.3 is 19.9 Å². The molecule has 2 saturated heterocycles. The molecule has 2 atom stereocenters. The Hall–Kier alpha value is -4.17. The number of nitrogens with one attached hydrogen (secondary N) is 1. The van der Waals surface area contributed by atoms with Crippen LogP contribution in [0.25, 0.3) is 0 Å². The molecule has 3 amide bonds. The van der Waals surface area contributed by atoms with E-state index in [1.54, 1.807) is 24.3 Å². The zero-order valence-corrected chi connectivity index (χ0v) is 22.4. The first kappa shape index (κ1) is 26.4. The first-order valence-electron chi connectivity index (χ1n) is 13.4. The lowest BCUT2D eigenvalue weighted by Gasteiger charge is -2.37. The highest BCUT2D eigenvalue weighted by atomic mass is 16.6. The van der Waals surface area contributed by atoms with Gasteiger partial charge in [0.05, 0.1) is 6.54 Å². The summed E-state index contributed by atoms with van der Waals surface area (Å²) in [5.41, 5.74) is 3.70. The van der Waals surface area contributed by atoms with Gasteiger partial charge in [0.1, 0.15) is 0 Å². The van der Waals surface area contributed by atoms with Crippen molar-refractivity contribution in [3.8, 4) is 0 Å². The fourth-order valence-electron chi connectivity index (χ4n) is 5.23. The minimum absolute atomic E-state index is 0.119. The molecule has 0 aliphatic carbocycles. The second-order valence-electron chi connectivity index (χ2n) is 10.1. The van der Waals surface area contributed by atoms with E-state index in [1.807, 2.05) is 66.4 Å². The van der Waals surface area contributed by atoms with Crippen molar-refractivity contribution in [2.24, 2.45) is 0 Å². The SMILES string of the molecule is CCN1CCN(C(=O)C2C(c3cccc(NC(=O)c4cccc(C)c4)c3)OC(=O)N2Cc2ccccc2)CC1. The number of benzene rings is 3. The molecule has 39 heavy (non-hydrogen) atoms. The number of nitrogens with zero attached hydrogens (tertiary/aromatic N) is 3. The third kappa shape index (κ3) is 5.96. The van der Waals surface area contributed by atoms with Crippen molar-refractivity contribution >= 4 is 23.6 Å². The fraction of sp³-hybridized carbons (Fsp3) is 0.323. The summed E-state index contributed by atoms with van der Waals surface area (Å²) in [4.78, 5) is 45.7. The molecule has 3 aromatic carbocycles. The van der Waals surface area contributed by atoms with Crippen LogP contribution in [0, 0.1) is 6.92 Å². The van der Waals surface area contributed by atoms with E-state index in [0.29, 0.717) is 29.9 Å². The van der Waals surface area contributed by atoms with Crippen molar-refractivity contribution in [1.29, 1.82) is 0 Å². The lowest BCUT2D eigenvalue weighted by molar-refractivity contribution is -0.138. The van der Waals surface area contributed by atoms with E-state index in [9.17, 15) is 14.4 Å². The molecule has 0 spiro atoms. The Labute approximate surface area is 229 Å². The Morgan fingerprint density at radius 3 is 2.38 bits per heavy atom. The third-order valence-corrected chi connectivity index (χ3v) is 7.42. The monoisotopic (exact) mass is 526 g/mol. The molecule has 0 bridgehead atoms. The molecule has 8 nitrogen and oxygen atoms in total. The lowest BCUT2D eigenvalue weighted by Crippen LogP contribution is -2.54. The molecule has 2 aliphatic heterocycles. The number of amides is 3. The van der Waals surface area contributed by atoms with Crippen LogP contribution in [-0.2, 0) is 16.1 Å². The van der Waals surface area contributed by atoms with E-state index in [2.05, 4.69) is 17.1 Å². The predicted molar refractivity (Wildman–Crippen MR) is 149 cm³/mol. The van der Waals surface area contributed by atoms with Crippen LogP contribution in [0.4, 0.5) is 10.5 Å². The molecule has 202 valence electrons. The summed E-state index contributed by atoms with van der Waals surface area (Å²) in [5, 5.41) is 2.94. The smallest absolute Gasteiger partial charge is 0.411 e. The molecule has 0 saturated carbocycles. The average molecular weight is 527 g/mol. The maximum Gasteiger partial charge on any atom is 0.411 e. The van der Waals surface area contributed by atoms with Gasteiger partial charge >= 0.3 is 6.09 Å². The summed E-state index contributed by atoms with van der Waals surface area (Å²) in [5.74, 6) is -0.349. The molecule has 0 radical (unpaired) electrons. The number of aryl methyl sites for hydroxylation is 1. The highest BCUT2D eigenvalue weighted by molar-refractivity contribution is 6.04. The number of hydrogen-bond acceptors (Lipinski definition) is 5. The Morgan fingerprint density at radius 1 is 0.923 bits per heavy atom. The number of cyclic esters (lactones) is 1. The molecule has 5 rings (SSSR count). The quantitative estimate of drug-likeness (QED) is 0.491. The van der Waals surface area contributed by atoms with Crippen molar-refractivity contribution < 1.29 is 19.1 Å². The molecular weight excluding hydrogens is 492 g/mol. The number of ether oxygens (including phenoxy) is 1. The first-order chi connectivity index (χ1) is 18.9. The predicted octanol–water partition coefficient (Wildman–Crippen LogP) is 4.47. The minimum Gasteiger partial charge on any atom is -0.438 e. The van der Waals surface area contributed by atoms with Crippen LogP contribution in [0.3, 0.4) is 0 Å². The lowest BCUT2D eigenvalue weighted by atomic mass is 9.99. The molecule has 2 aliphatic rings. The number of hydrogen-bond donors (Lipinski definition) is 1. The summed E-state index contributed by atoms with van der Waals surface area (Å²) in [6, 6.07) is 23.4. The van der Waals surface area contributed by atoms with Crippen molar-refractivity contribution in [3.63, 3.8) is 0 Å². The number of carbonyl (C=O) groups is 3. The number of rotatable bonds is 7. The van der Waals surface area contributed by atoms with Crippen LogP contribution in [-0.4, -0.2) is 71.4 Å². The normalized spacial score (nSPS) is 19.6. The van der Waals surface area contributed by atoms with Crippen molar-refractivity contribution in [1.82, 2.24) is 14.7 Å². The second kappa shape index (κ2) is 11.7. The maximum atomic E-state index is 14.0. The summed E-state index contributed by atoms with van der Waals surface area (Å²) < 4.78 is 5.88. The molecular formula is C31H34N4O4. The Morgan fingerprint density at radius 2 is 1.67 bits per heavy atom. The van der Waals surface area contributed by atoms with E-state index in [4.69, 9.17) is 4.74 Å². The van der Waals surface area contributed by atoms with Gasteiger partial charge in [0, 0.05) is 37.4 Å². The number of likely N-dealkylation sites (N-methyl/N-ethyl adjacent to an activating group) is 1. The maximum absolute atomic E-state index is 14.0. The van der Waals surface area contributed by atoms with Crippen molar-refractivity contribution in [2.75, 3.05) is 38.0 Å². The van der Waals surface area contributed by atoms with Gasteiger partial charge in [0.2, 0.25) is 5.91 Å². The van der Waals surface area contributed by atoms with E-state index in [1.165, 1.54) is 4.90 Å². The average Bonchev–Trinajstić information content (AvgIpc) is 3.29. The largest absolute Gasteiger partial charge is 0.438 e. The van der Waals surface area contributed by atoms with E-state index < -0.39 is 18.2 Å². The summed E-state index contributed by atoms with van der Waals surface area (Å²) >= 11 is 0. The molecule has 8 heteroatoms. The van der Waals surface area contributed by atoms with E-state index >= 15 is 0 Å². The summed E-state index contributed by atoms with van der Waals surface area (Å²) in [7, 11) is 0. The molecule has 1 N–H and O–H groups in total. The first-order valence-corrected chi connectivity index (χ1v) is 13.4. The van der Waals surface area contributed by atoms with Gasteiger partial charge in [-0.2, -0.15) is 0 Å². The van der Waals surface area contributed by atoms with Crippen LogP contribution in [0.15, 0.2) is 78.9 Å². The molecule has 2 heterocycles. The van der Waals surface area contributed by atoms with Crippen LogP contribution in [0.1, 0.15) is 40.1 Å². The number of carbonyl (C=O) groups excluding carboxylic acids is 3. The zero-order chi connectivity index (χ0) is 27.4. The van der Waals surface area contributed by atoms with Gasteiger partial charge in [-0.15, -0.1) is 0 Å². The summed E-state index contributed by atoms with van der Waals surface area (Å²) in [6.07, 6.45) is -1.32. The van der Waals surface area contributed by atoms with Crippen LogP contribution < -0.4 is 5.32 Å². The molecule has 3 aromatic rings. The Bertz CT molecular complexity index is 1340. The molecule has 0 aromatic heterocycles. The van der Waals surface area contributed by atoms with Crippen molar-refractivity contribution in [2.45, 2.75) is 32.5 Å². The standard InChI is InChI=1S/C31H34N4O4/c1-3-33-15-17-34(18-16-33)30(37)27-28(39-31(38)35(27)21-23-10-5-4-6-11-23)24-12-8-14-26(20-24)32-29(36)25-13-7-9-22(2)19-25/h4-14,19-20,27-28H,3,15-18,21H2,1-2H3,(H,32,36). The number of piperazine rings is 1. The third-order valence-electron chi connectivity index (χ3n) is 7.42. The van der Waals surface area contributed by atoms with Gasteiger partial charge in [-0.1, -0.05) is 67.1 Å². The second-order valence-corrected chi connectivity index (χ2v) is 10.1. The van der Waals surface area contributed by atoms with Crippen LogP contribution in [0.2, 0.25) is 0 Å². The van der Waals surface area contributed by atoms with Crippen LogP contribution >= 0.6 is 0 Å². The van der Waals surface area contributed by atoms with E-state index in [-0.39, 0.29) is 18.4 Å².